The number of methoxy groups -OCH3 is 1. The normalized spacial score (nSPS) is 16.7. The van der Waals surface area contributed by atoms with Crippen LogP contribution in [0.15, 0.2) is 18.2 Å². The molecule has 1 saturated carbocycles. The third-order valence-corrected chi connectivity index (χ3v) is 9.36. The van der Waals surface area contributed by atoms with Crippen LogP contribution in [0.1, 0.15) is 59.9 Å². The lowest BCUT2D eigenvalue weighted by molar-refractivity contribution is -0.142. The number of rotatable bonds is 16. The van der Waals surface area contributed by atoms with Crippen LogP contribution in [-0.4, -0.2) is 134 Å². The Morgan fingerprint density at radius 1 is 0.959 bits per heavy atom. The Balaban J connectivity index is 1.46. The molecule has 1 saturated heterocycles. The predicted octanol–water partition coefficient (Wildman–Crippen LogP) is 0.992. The average molecular weight is 687 g/mol. The van der Waals surface area contributed by atoms with E-state index in [2.05, 4.69) is 16.0 Å². The number of carbonyl (C=O) groups excluding carboxylic acids is 4. The third kappa shape index (κ3) is 9.49. The fourth-order valence-electron chi connectivity index (χ4n) is 6.46. The molecule has 15 nitrogen and oxygen atoms in total. The van der Waals surface area contributed by atoms with E-state index in [0.717, 1.165) is 32.1 Å². The van der Waals surface area contributed by atoms with Crippen molar-refractivity contribution in [1.29, 1.82) is 0 Å². The second-order valence-electron chi connectivity index (χ2n) is 12.5. The first kappa shape index (κ1) is 37.6. The molecule has 0 radical (unpaired) electrons. The van der Waals surface area contributed by atoms with Crippen LogP contribution in [0, 0.1) is 5.92 Å². The Morgan fingerprint density at radius 2 is 1.63 bits per heavy atom. The first-order valence-electron chi connectivity index (χ1n) is 16.9. The molecule has 270 valence electrons. The molecule has 2 aliphatic rings. The number of aromatic nitrogens is 1. The summed E-state index contributed by atoms with van der Waals surface area (Å²) in [7, 11) is 4.98. The van der Waals surface area contributed by atoms with E-state index >= 15 is 0 Å². The van der Waals surface area contributed by atoms with Crippen molar-refractivity contribution >= 4 is 40.5 Å². The molecule has 15 heteroatoms. The quantitative estimate of drug-likeness (QED) is 0.186. The fraction of sp³-hybridized carbons (Fsp3) is 0.618. The van der Waals surface area contributed by atoms with E-state index in [-0.39, 0.29) is 74.4 Å². The van der Waals surface area contributed by atoms with Crippen LogP contribution in [-0.2, 0) is 30.9 Å². The SMILES string of the molecule is CN[C@@H](C)C(=O)NC(C(=O)N1CCN(C(=O)c2c(C(=O)NCCOCCOCC(=O)O)c3ccc(OC)cc3n2C)CC1)C1CCCCC1. The van der Waals surface area contributed by atoms with E-state index in [9.17, 15) is 24.0 Å². The molecular formula is C34H50N6O9. The molecular weight excluding hydrogens is 636 g/mol. The van der Waals surface area contributed by atoms with Crippen molar-refractivity contribution < 1.29 is 43.3 Å². The summed E-state index contributed by atoms with van der Waals surface area (Å²) in [5.41, 5.74) is 1.10. The number of ether oxygens (including phenoxy) is 3. The van der Waals surface area contributed by atoms with Crippen LogP contribution in [0.3, 0.4) is 0 Å². The Bertz CT molecular complexity index is 1480. The van der Waals surface area contributed by atoms with Gasteiger partial charge in [0, 0.05) is 51.2 Å². The number of carboxylic acid groups (broad SMARTS) is 1. The molecule has 2 atom stereocenters. The van der Waals surface area contributed by atoms with Gasteiger partial charge in [0.2, 0.25) is 11.8 Å². The minimum absolute atomic E-state index is 0.0680. The predicted molar refractivity (Wildman–Crippen MR) is 181 cm³/mol. The summed E-state index contributed by atoms with van der Waals surface area (Å²) in [5, 5.41) is 18.0. The van der Waals surface area contributed by atoms with Gasteiger partial charge in [0.05, 0.1) is 44.1 Å². The summed E-state index contributed by atoms with van der Waals surface area (Å²) in [4.78, 5) is 68.4. The molecule has 4 N–H and O–H groups in total. The molecule has 1 unspecified atom stereocenters. The number of amides is 4. The van der Waals surface area contributed by atoms with Crippen molar-refractivity contribution in [1.82, 2.24) is 30.3 Å². The van der Waals surface area contributed by atoms with Crippen LogP contribution in [0.5, 0.6) is 5.75 Å². The van der Waals surface area contributed by atoms with Gasteiger partial charge in [-0.2, -0.15) is 0 Å². The molecule has 1 aromatic carbocycles. The van der Waals surface area contributed by atoms with Gasteiger partial charge in [0.25, 0.3) is 11.8 Å². The van der Waals surface area contributed by atoms with Gasteiger partial charge < -0.3 is 49.6 Å². The second-order valence-corrected chi connectivity index (χ2v) is 12.5. The molecule has 4 rings (SSSR count). The number of aryl methyl sites for hydroxylation is 1. The van der Waals surface area contributed by atoms with E-state index in [0.29, 0.717) is 29.7 Å². The summed E-state index contributed by atoms with van der Waals surface area (Å²) in [6, 6.07) is 4.21. The molecule has 4 amide bonds. The topological polar surface area (TPSA) is 181 Å². The fourth-order valence-corrected chi connectivity index (χ4v) is 6.46. The molecule has 0 bridgehead atoms. The Kier molecular flexibility index (Phi) is 13.8. The number of nitrogens with one attached hydrogen (secondary N) is 3. The number of aliphatic carboxylic acids is 1. The molecule has 2 fully saturated rings. The van der Waals surface area contributed by atoms with E-state index in [1.165, 1.54) is 0 Å². The number of hydrogen-bond acceptors (Lipinski definition) is 9. The van der Waals surface area contributed by atoms with Crippen molar-refractivity contribution in [2.45, 2.75) is 51.1 Å². The molecule has 1 aromatic heterocycles. The Hall–Kier alpha value is -4.21. The number of fused-ring (bicyclic) bond motifs is 1. The Morgan fingerprint density at radius 3 is 2.29 bits per heavy atom. The van der Waals surface area contributed by atoms with Gasteiger partial charge in [-0.1, -0.05) is 19.3 Å². The minimum atomic E-state index is -1.07. The van der Waals surface area contributed by atoms with Gasteiger partial charge in [-0.05, 0) is 44.9 Å². The summed E-state index contributed by atoms with van der Waals surface area (Å²) in [6.07, 6.45) is 4.94. The van der Waals surface area contributed by atoms with Crippen LogP contribution in [0.2, 0.25) is 0 Å². The number of piperazine rings is 1. The summed E-state index contributed by atoms with van der Waals surface area (Å²) < 4.78 is 17.5. The number of nitrogens with zero attached hydrogens (tertiary/aromatic N) is 3. The van der Waals surface area contributed by atoms with Crippen LogP contribution in [0.4, 0.5) is 0 Å². The van der Waals surface area contributed by atoms with Crippen LogP contribution < -0.4 is 20.7 Å². The van der Waals surface area contributed by atoms with E-state index < -0.39 is 30.6 Å². The number of carboxylic acids is 1. The second kappa shape index (κ2) is 18.0. The number of likely N-dealkylation sites (N-methyl/N-ethyl adjacent to an activating group) is 1. The summed E-state index contributed by atoms with van der Waals surface area (Å²) in [5.74, 6) is -1.53. The zero-order chi connectivity index (χ0) is 35.5. The van der Waals surface area contributed by atoms with Gasteiger partial charge in [0.15, 0.2) is 0 Å². The van der Waals surface area contributed by atoms with Crippen molar-refractivity contribution in [2.24, 2.45) is 13.0 Å². The van der Waals surface area contributed by atoms with E-state index in [4.69, 9.17) is 19.3 Å². The molecule has 2 aromatic rings. The zero-order valence-corrected chi connectivity index (χ0v) is 28.9. The maximum atomic E-state index is 14.2. The van der Waals surface area contributed by atoms with Crippen molar-refractivity contribution in [3.05, 3.63) is 29.5 Å². The molecule has 2 heterocycles. The lowest BCUT2D eigenvalue weighted by Gasteiger charge is -2.39. The lowest BCUT2D eigenvalue weighted by atomic mass is 9.83. The first-order chi connectivity index (χ1) is 23.6. The first-order valence-corrected chi connectivity index (χ1v) is 16.9. The number of hydrogen-bond donors (Lipinski definition) is 4. The zero-order valence-electron chi connectivity index (χ0n) is 28.9. The van der Waals surface area contributed by atoms with E-state index in [1.54, 1.807) is 60.7 Å². The minimum Gasteiger partial charge on any atom is -0.497 e. The van der Waals surface area contributed by atoms with E-state index in [1.807, 2.05) is 0 Å². The highest BCUT2D eigenvalue weighted by Gasteiger charge is 2.37. The number of benzene rings is 1. The van der Waals surface area contributed by atoms with Gasteiger partial charge >= 0.3 is 5.97 Å². The van der Waals surface area contributed by atoms with Crippen LogP contribution in [0.25, 0.3) is 10.9 Å². The van der Waals surface area contributed by atoms with Gasteiger partial charge in [-0.15, -0.1) is 0 Å². The third-order valence-electron chi connectivity index (χ3n) is 9.36. The molecule has 49 heavy (non-hydrogen) atoms. The average Bonchev–Trinajstić information content (AvgIpc) is 3.41. The summed E-state index contributed by atoms with van der Waals surface area (Å²) >= 11 is 0. The van der Waals surface area contributed by atoms with Gasteiger partial charge in [-0.25, -0.2) is 4.79 Å². The number of carbonyl (C=O) groups is 5. The maximum Gasteiger partial charge on any atom is 0.329 e. The highest BCUT2D eigenvalue weighted by Crippen LogP contribution is 2.31. The van der Waals surface area contributed by atoms with Crippen LogP contribution >= 0.6 is 0 Å². The molecule has 1 aliphatic carbocycles. The smallest absolute Gasteiger partial charge is 0.329 e. The monoisotopic (exact) mass is 686 g/mol. The van der Waals surface area contributed by atoms with Gasteiger partial charge in [-0.3, -0.25) is 19.2 Å². The Labute approximate surface area is 286 Å². The standard InChI is InChI=1S/C34H50N6O9/c1-22(35-2)31(43)37-29(23-8-6-5-7-9-23)33(45)39-13-15-40(16-14-39)34(46)30-28(25-11-10-24(47-4)20-26(25)38(30)3)32(44)36-12-17-48-18-19-49-21-27(41)42/h10-11,20,22-23,29,35H,5-9,12-19,21H2,1-4H3,(H,36,44)(H,37,43)(H,41,42)/t22-,29?/m0/s1. The van der Waals surface area contributed by atoms with Gasteiger partial charge in [0.1, 0.15) is 24.1 Å². The highest BCUT2D eigenvalue weighted by atomic mass is 16.5. The largest absolute Gasteiger partial charge is 0.497 e. The highest BCUT2D eigenvalue weighted by molar-refractivity contribution is 6.16. The van der Waals surface area contributed by atoms with Crippen molar-refractivity contribution in [2.75, 3.05) is 73.3 Å². The summed E-state index contributed by atoms with van der Waals surface area (Å²) in [6.45, 7) is 3.09. The lowest BCUT2D eigenvalue weighted by Crippen LogP contribution is -2.59. The molecule has 1 aliphatic heterocycles. The maximum absolute atomic E-state index is 14.2. The van der Waals surface area contributed by atoms with Crippen molar-refractivity contribution in [3.63, 3.8) is 0 Å². The van der Waals surface area contributed by atoms with Crippen molar-refractivity contribution in [3.8, 4) is 5.75 Å². The molecule has 0 spiro atoms.